The van der Waals surface area contributed by atoms with Crippen LogP contribution in [0.2, 0.25) is 0 Å². The Balaban J connectivity index is 2.26. The first-order valence-electron chi connectivity index (χ1n) is 6.79. The summed E-state index contributed by atoms with van der Waals surface area (Å²) in [6.45, 7) is 0. The van der Waals surface area contributed by atoms with Crippen LogP contribution >= 0.6 is 11.3 Å². The Labute approximate surface area is 127 Å². The number of carbonyl (C=O) groups excluding carboxylic acids is 3. The standard InChI is InChI=1S/C15H18O5S/c1-19-13(17)15(14(18)20-2)7-3-5-10(15)9-11(16)12-6-4-8-21-12/h4,6,8,10H,3,5,7,9H2,1-2H3/t10-/m0/s1. The fraction of sp³-hybridized carbons (Fsp3) is 0.533. The molecular weight excluding hydrogens is 292 g/mol. The predicted molar refractivity (Wildman–Crippen MR) is 77.1 cm³/mol. The molecule has 0 unspecified atom stereocenters. The van der Waals surface area contributed by atoms with Gasteiger partial charge in [0.15, 0.2) is 11.2 Å². The second kappa shape index (κ2) is 6.39. The van der Waals surface area contributed by atoms with E-state index in [2.05, 4.69) is 0 Å². The molecule has 1 aliphatic rings. The van der Waals surface area contributed by atoms with Crippen molar-refractivity contribution in [2.24, 2.45) is 11.3 Å². The van der Waals surface area contributed by atoms with E-state index >= 15 is 0 Å². The smallest absolute Gasteiger partial charge is 0.323 e. The van der Waals surface area contributed by atoms with E-state index in [1.165, 1.54) is 25.6 Å². The summed E-state index contributed by atoms with van der Waals surface area (Å²) in [4.78, 5) is 37.3. The number of rotatable bonds is 5. The van der Waals surface area contributed by atoms with Gasteiger partial charge in [-0.25, -0.2) is 0 Å². The third kappa shape index (κ3) is 2.72. The number of hydrogen-bond acceptors (Lipinski definition) is 6. The highest BCUT2D eigenvalue weighted by atomic mass is 32.1. The lowest BCUT2D eigenvalue weighted by molar-refractivity contribution is -0.172. The van der Waals surface area contributed by atoms with Gasteiger partial charge >= 0.3 is 11.9 Å². The molecule has 5 nitrogen and oxygen atoms in total. The van der Waals surface area contributed by atoms with Crippen molar-refractivity contribution in [2.75, 3.05) is 14.2 Å². The summed E-state index contributed by atoms with van der Waals surface area (Å²) in [5.41, 5.74) is -1.34. The molecule has 1 fully saturated rings. The summed E-state index contributed by atoms with van der Waals surface area (Å²) in [6, 6.07) is 3.56. The largest absolute Gasteiger partial charge is 0.468 e. The SMILES string of the molecule is COC(=O)C1(C(=O)OC)CCC[C@H]1CC(=O)c1cccs1. The minimum atomic E-state index is -1.34. The number of thiophene rings is 1. The molecule has 0 aromatic carbocycles. The summed E-state index contributed by atoms with van der Waals surface area (Å²) in [7, 11) is 2.51. The molecule has 0 spiro atoms. The zero-order valence-electron chi connectivity index (χ0n) is 12.1. The number of ketones is 1. The van der Waals surface area contributed by atoms with Crippen LogP contribution < -0.4 is 0 Å². The fourth-order valence-electron chi connectivity index (χ4n) is 3.10. The van der Waals surface area contributed by atoms with Crippen LogP contribution in [0.5, 0.6) is 0 Å². The lowest BCUT2D eigenvalue weighted by atomic mass is 9.75. The summed E-state index contributed by atoms with van der Waals surface area (Å²) >= 11 is 1.36. The molecule has 0 amide bonds. The van der Waals surface area contributed by atoms with Crippen molar-refractivity contribution in [3.05, 3.63) is 22.4 Å². The number of Topliss-reactive ketones (excluding diaryl/α,β-unsaturated/α-hetero) is 1. The highest BCUT2D eigenvalue weighted by Crippen LogP contribution is 2.47. The maximum Gasteiger partial charge on any atom is 0.323 e. The van der Waals surface area contributed by atoms with E-state index in [4.69, 9.17) is 9.47 Å². The van der Waals surface area contributed by atoms with Gasteiger partial charge in [0.25, 0.3) is 0 Å². The Bertz CT molecular complexity index is 518. The van der Waals surface area contributed by atoms with Crippen LogP contribution in [0.4, 0.5) is 0 Å². The maximum absolute atomic E-state index is 12.3. The van der Waals surface area contributed by atoms with Gasteiger partial charge in [-0.05, 0) is 30.2 Å². The van der Waals surface area contributed by atoms with Crippen LogP contribution in [-0.2, 0) is 19.1 Å². The molecule has 0 saturated heterocycles. The topological polar surface area (TPSA) is 69.7 Å². The number of methoxy groups -OCH3 is 2. The molecule has 1 atom stereocenters. The highest BCUT2D eigenvalue weighted by molar-refractivity contribution is 7.12. The Hall–Kier alpha value is -1.69. The van der Waals surface area contributed by atoms with Gasteiger partial charge in [-0.3, -0.25) is 14.4 Å². The fourth-order valence-corrected chi connectivity index (χ4v) is 3.78. The Morgan fingerprint density at radius 3 is 2.48 bits per heavy atom. The first-order valence-corrected chi connectivity index (χ1v) is 7.67. The molecular formula is C15H18O5S. The normalized spacial score (nSPS) is 20.0. The Morgan fingerprint density at radius 1 is 1.29 bits per heavy atom. The Morgan fingerprint density at radius 2 is 1.95 bits per heavy atom. The first-order chi connectivity index (χ1) is 10.1. The van der Waals surface area contributed by atoms with Gasteiger partial charge in [-0.2, -0.15) is 0 Å². The van der Waals surface area contributed by atoms with Gasteiger partial charge < -0.3 is 9.47 Å². The number of esters is 2. The van der Waals surface area contributed by atoms with E-state index in [-0.39, 0.29) is 18.1 Å². The first kappa shape index (κ1) is 15.7. The molecule has 0 bridgehead atoms. The van der Waals surface area contributed by atoms with Gasteiger partial charge in [-0.1, -0.05) is 12.5 Å². The van der Waals surface area contributed by atoms with Crippen molar-refractivity contribution in [1.29, 1.82) is 0 Å². The molecule has 0 N–H and O–H groups in total. The molecule has 0 aliphatic heterocycles. The van der Waals surface area contributed by atoms with Gasteiger partial charge in [0.05, 0.1) is 19.1 Å². The van der Waals surface area contributed by atoms with Crippen LogP contribution in [-0.4, -0.2) is 31.9 Å². The Kier molecular flexibility index (Phi) is 4.77. The number of ether oxygens (including phenoxy) is 2. The molecule has 2 rings (SSSR count). The summed E-state index contributed by atoms with van der Waals surface area (Å²) in [5.74, 6) is -1.62. The second-order valence-electron chi connectivity index (χ2n) is 5.15. The summed E-state index contributed by atoms with van der Waals surface area (Å²) in [6.07, 6.45) is 1.87. The van der Waals surface area contributed by atoms with Crippen LogP contribution in [0.3, 0.4) is 0 Å². The average molecular weight is 310 g/mol. The molecule has 1 heterocycles. The van der Waals surface area contributed by atoms with E-state index < -0.39 is 17.4 Å². The number of hydrogen-bond donors (Lipinski definition) is 0. The lowest BCUT2D eigenvalue weighted by Gasteiger charge is -2.29. The minimum absolute atomic E-state index is 0.0471. The second-order valence-corrected chi connectivity index (χ2v) is 6.10. The molecule has 6 heteroatoms. The number of carbonyl (C=O) groups is 3. The molecule has 1 saturated carbocycles. The van der Waals surface area contributed by atoms with Gasteiger partial charge in [0.2, 0.25) is 0 Å². The van der Waals surface area contributed by atoms with Gasteiger partial charge in [0, 0.05) is 6.42 Å². The summed E-state index contributed by atoms with van der Waals surface area (Å²) in [5, 5.41) is 1.83. The van der Waals surface area contributed by atoms with Crippen molar-refractivity contribution in [3.63, 3.8) is 0 Å². The van der Waals surface area contributed by atoms with E-state index in [1.54, 1.807) is 12.1 Å². The van der Waals surface area contributed by atoms with Crippen LogP contribution in [0.15, 0.2) is 17.5 Å². The van der Waals surface area contributed by atoms with Gasteiger partial charge in [0.1, 0.15) is 0 Å². The van der Waals surface area contributed by atoms with Crippen LogP contribution in [0, 0.1) is 11.3 Å². The maximum atomic E-state index is 12.3. The predicted octanol–water partition coefficient (Wildman–Crippen LogP) is 2.45. The lowest BCUT2D eigenvalue weighted by Crippen LogP contribution is -2.44. The van der Waals surface area contributed by atoms with Crippen LogP contribution in [0.25, 0.3) is 0 Å². The molecule has 1 aromatic heterocycles. The van der Waals surface area contributed by atoms with Crippen molar-refractivity contribution < 1.29 is 23.9 Å². The third-order valence-corrected chi connectivity index (χ3v) is 5.06. The van der Waals surface area contributed by atoms with E-state index in [0.29, 0.717) is 24.1 Å². The highest BCUT2D eigenvalue weighted by Gasteiger charge is 2.57. The van der Waals surface area contributed by atoms with E-state index in [1.807, 2.05) is 5.38 Å². The minimum Gasteiger partial charge on any atom is -0.468 e. The third-order valence-electron chi connectivity index (χ3n) is 4.15. The monoisotopic (exact) mass is 310 g/mol. The van der Waals surface area contributed by atoms with E-state index in [0.717, 1.165) is 0 Å². The van der Waals surface area contributed by atoms with Crippen molar-refractivity contribution in [3.8, 4) is 0 Å². The van der Waals surface area contributed by atoms with Crippen molar-refractivity contribution in [2.45, 2.75) is 25.7 Å². The molecule has 114 valence electrons. The molecule has 1 aliphatic carbocycles. The van der Waals surface area contributed by atoms with E-state index in [9.17, 15) is 14.4 Å². The van der Waals surface area contributed by atoms with Crippen molar-refractivity contribution >= 4 is 29.1 Å². The van der Waals surface area contributed by atoms with Crippen LogP contribution in [0.1, 0.15) is 35.4 Å². The average Bonchev–Trinajstić information content (AvgIpc) is 3.15. The summed E-state index contributed by atoms with van der Waals surface area (Å²) < 4.78 is 9.63. The molecule has 1 aromatic rings. The van der Waals surface area contributed by atoms with Crippen molar-refractivity contribution in [1.82, 2.24) is 0 Å². The molecule has 0 radical (unpaired) electrons. The molecule has 21 heavy (non-hydrogen) atoms. The van der Waals surface area contributed by atoms with Gasteiger partial charge in [-0.15, -0.1) is 11.3 Å². The quantitative estimate of drug-likeness (QED) is 0.474. The zero-order chi connectivity index (χ0) is 15.5. The zero-order valence-corrected chi connectivity index (χ0v) is 12.9.